The molecule has 0 saturated carbocycles. The molecule has 2 rings (SSSR count). The van der Waals surface area contributed by atoms with E-state index >= 15 is 0 Å². The highest BCUT2D eigenvalue weighted by molar-refractivity contribution is 5.63. The summed E-state index contributed by atoms with van der Waals surface area (Å²) in [4.78, 5) is 6.02. The summed E-state index contributed by atoms with van der Waals surface area (Å²) in [5.74, 6) is 0. The first-order chi connectivity index (χ1) is 10.1. The lowest BCUT2D eigenvalue weighted by Crippen LogP contribution is -2.34. The first-order valence-corrected chi connectivity index (χ1v) is 7.18. The van der Waals surface area contributed by atoms with Gasteiger partial charge in [0, 0.05) is 32.0 Å². The smallest absolute Gasteiger partial charge is 0.0791 e. The van der Waals surface area contributed by atoms with Gasteiger partial charge in [-0.1, -0.05) is 18.2 Å². The highest BCUT2D eigenvalue weighted by Gasteiger charge is 2.05. The Morgan fingerprint density at radius 3 is 2.62 bits per heavy atom. The highest BCUT2D eigenvalue weighted by Crippen LogP contribution is 2.19. The van der Waals surface area contributed by atoms with E-state index in [0.29, 0.717) is 13.1 Å². The molecule has 1 atom stereocenters. The lowest BCUT2D eigenvalue weighted by molar-refractivity contribution is 0.134. The van der Waals surface area contributed by atoms with E-state index in [2.05, 4.69) is 34.6 Å². The number of nitrogens with zero attached hydrogens (tertiary/aromatic N) is 2. The molecule has 0 aliphatic rings. The molecule has 4 nitrogen and oxygen atoms in total. The minimum absolute atomic E-state index is 0.344. The molecule has 1 heterocycles. The Labute approximate surface area is 126 Å². The van der Waals surface area contributed by atoms with Gasteiger partial charge >= 0.3 is 0 Å². The third-order valence-corrected chi connectivity index (χ3v) is 3.23. The summed E-state index contributed by atoms with van der Waals surface area (Å²) in [6, 6.07) is 12.4. The number of hydrogen-bond acceptors (Lipinski definition) is 4. The summed E-state index contributed by atoms with van der Waals surface area (Å²) in [6.45, 7) is 2.02. The van der Waals surface area contributed by atoms with Gasteiger partial charge < -0.3 is 15.3 Å². The fourth-order valence-corrected chi connectivity index (χ4v) is 2.27. The quantitative estimate of drug-likeness (QED) is 0.814. The maximum Gasteiger partial charge on any atom is 0.0791 e. The number of rotatable bonds is 7. The molecule has 0 bridgehead atoms. The zero-order chi connectivity index (χ0) is 15.1. The molecule has 1 aromatic carbocycles. The lowest BCUT2D eigenvalue weighted by Gasteiger charge is -2.16. The fraction of sp³-hybridized carbons (Fsp3) is 0.353. The molecule has 1 aromatic heterocycles. The van der Waals surface area contributed by atoms with Crippen LogP contribution >= 0.6 is 0 Å². The van der Waals surface area contributed by atoms with E-state index in [1.54, 1.807) is 12.4 Å². The van der Waals surface area contributed by atoms with Crippen LogP contribution in [0, 0.1) is 0 Å². The van der Waals surface area contributed by atoms with Gasteiger partial charge in [0.25, 0.3) is 0 Å². The van der Waals surface area contributed by atoms with E-state index in [4.69, 9.17) is 0 Å². The van der Waals surface area contributed by atoms with Crippen LogP contribution in [0.3, 0.4) is 0 Å². The molecule has 0 spiro atoms. The lowest BCUT2D eigenvalue weighted by atomic mass is 10.0. The van der Waals surface area contributed by atoms with Gasteiger partial charge in [0.2, 0.25) is 0 Å². The van der Waals surface area contributed by atoms with Crippen LogP contribution in [0.5, 0.6) is 0 Å². The van der Waals surface area contributed by atoms with Crippen molar-refractivity contribution in [2.45, 2.75) is 12.6 Å². The van der Waals surface area contributed by atoms with E-state index in [9.17, 15) is 5.11 Å². The number of nitrogens with one attached hydrogen (secondary N) is 1. The van der Waals surface area contributed by atoms with Crippen molar-refractivity contribution in [2.24, 2.45) is 0 Å². The molecule has 0 fully saturated rings. The van der Waals surface area contributed by atoms with Crippen LogP contribution in [-0.4, -0.2) is 48.3 Å². The van der Waals surface area contributed by atoms with Crippen molar-refractivity contribution in [3.05, 3.63) is 54.4 Å². The molecule has 112 valence electrons. The molecule has 1 unspecified atom stereocenters. The Morgan fingerprint density at radius 2 is 1.90 bits per heavy atom. The fourth-order valence-electron chi connectivity index (χ4n) is 2.27. The van der Waals surface area contributed by atoms with E-state index in [0.717, 1.165) is 6.54 Å². The topological polar surface area (TPSA) is 48.4 Å². The van der Waals surface area contributed by atoms with Crippen molar-refractivity contribution in [3.8, 4) is 11.1 Å². The molecule has 21 heavy (non-hydrogen) atoms. The Balaban J connectivity index is 1.90. The number of aliphatic hydroxyl groups is 1. The average Bonchev–Trinajstić information content (AvgIpc) is 2.48. The molecule has 0 aliphatic heterocycles. The summed E-state index contributed by atoms with van der Waals surface area (Å²) in [7, 11) is 3.92. The van der Waals surface area contributed by atoms with Crippen LogP contribution in [0.1, 0.15) is 5.56 Å². The zero-order valence-corrected chi connectivity index (χ0v) is 12.7. The van der Waals surface area contributed by atoms with Crippen molar-refractivity contribution in [1.29, 1.82) is 0 Å². The van der Waals surface area contributed by atoms with Gasteiger partial charge in [-0.05, 0) is 49.0 Å². The molecule has 0 radical (unpaired) electrons. The number of benzene rings is 1. The molecular formula is C17H23N3O. The van der Waals surface area contributed by atoms with Crippen molar-refractivity contribution in [2.75, 3.05) is 27.2 Å². The molecular weight excluding hydrogens is 262 g/mol. The van der Waals surface area contributed by atoms with Crippen LogP contribution in [0.15, 0.2) is 48.8 Å². The largest absolute Gasteiger partial charge is 0.390 e. The predicted molar refractivity (Wildman–Crippen MR) is 85.9 cm³/mol. The Morgan fingerprint density at radius 1 is 1.14 bits per heavy atom. The van der Waals surface area contributed by atoms with Gasteiger partial charge in [0.1, 0.15) is 0 Å². The molecule has 2 N–H and O–H groups in total. The van der Waals surface area contributed by atoms with Crippen LogP contribution < -0.4 is 5.32 Å². The Kier molecular flexibility index (Phi) is 5.87. The summed E-state index contributed by atoms with van der Waals surface area (Å²) in [5, 5.41) is 13.1. The monoisotopic (exact) mass is 285 g/mol. The number of hydrogen-bond donors (Lipinski definition) is 2. The number of aliphatic hydroxyl groups excluding tert-OH is 1. The van der Waals surface area contributed by atoms with Crippen LogP contribution in [0.4, 0.5) is 0 Å². The number of aromatic nitrogens is 1. The maximum absolute atomic E-state index is 9.82. The van der Waals surface area contributed by atoms with Gasteiger partial charge in [0.05, 0.1) is 6.10 Å². The Hall–Kier alpha value is -1.75. The van der Waals surface area contributed by atoms with Gasteiger partial charge in [-0.2, -0.15) is 0 Å². The van der Waals surface area contributed by atoms with Crippen molar-refractivity contribution in [1.82, 2.24) is 15.2 Å². The summed E-state index contributed by atoms with van der Waals surface area (Å²) in [5.41, 5.74) is 3.56. The van der Waals surface area contributed by atoms with E-state index in [-0.39, 0.29) is 6.10 Å². The molecule has 4 heteroatoms. The normalized spacial score (nSPS) is 12.6. The second-order valence-corrected chi connectivity index (χ2v) is 5.48. The number of pyridine rings is 1. The maximum atomic E-state index is 9.82. The minimum atomic E-state index is -0.344. The van der Waals surface area contributed by atoms with Crippen LogP contribution in [0.25, 0.3) is 11.1 Å². The van der Waals surface area contributed by atoms with Crippen LogP contribution in [-0.2, 0) is 6.54 Å². The predicted octanol–water partition coefficient (Wildman–Crippen LogP) is 1.76. The van der Waals surface area contributed by atoms with E-state index in [1.807, 2.05) is 31.1 Å². The van der Waals surface area contributed by atoms with Crippen molar-refractivity contribution >= 4 is 0 Å². The van der Waals surface area contributed by atoms with E-state index in [1.165, 1.54) is 16.7 Å². The zero-order valence-electron chi connectivity index (χ0n) is 12.7. The first-order valence-electron chi connectivity index (χ1n) is 7.18. The molecule has 0 aliphatic carbocycles. The SMILES string of the molecule is CN(C)CC(O)CNCc1cccc(-c2ccncc2)c1. The Bertz CT molecular complexity index is 543. The van der Waals surface area contributed by atoms with Gasteiger partial charge in [-0.15, -0.1) is 0 Å². The van der Waals surface area contributed by atoms with Crippen LogP contribution in [0.2, 0.25) is 0 Å². The third-order valence-electron chi connectivity index (χ3n) is 3.23. The second-order valence-electron chi connectivity index (χ2n) is 5.48. The standard InChI is InChI=1S/C17H23N3O/c1-20(2)13-17(21)12-19-11-14-4-3-5-16(10-14)15-6-8-18-9-7-15/h3-10,17,19,21H,11-13H2,1-2H3. The second kappa shape index (κ2) is 7.88. The van der Waals surface area contributed by atoms with Gasteiger partial charge in [-0.3, -0.25) is 4.98 Å². The van der Waals surface area contributed by atoms with Crippen molar-refractivity contribution < 1.29 is 5.11 Å². The summed E-state index contributed by atoms with van der Waals surface area (Å²) in [6.07, 6.45) is 3.26. The first kappa shape index (κ1) is 15.6. The van der Waals surface area contributed by atoms with Gasteiger partial charge in [-0.25, -0.2) is 0 Å². The number of likely N-dealkylation sites (N-methyl/N-ethyl adjacent to an activating group) is 1. The van der Waals surface area contributed by atoms with E-state index < -0.39 is 0 Å². The highest BCUT2D eigenvalue weighted by atomic mass is 16.3. The third kappa shape index (κ3) is 5.27. The van der Waals surface area contributed by atoms with Crippen molar-refractivity contribution in [3.63, 3.8) is 0 Å². The minimum Gasteiger partial charge on any atom is -0.390 e. The molecule has 0 saturated heterocycles. The summed E-state index contributed by atoms with van der Waals surface area (Å²) < 4.78 is 0. The average molecular weight is 285 g/mol. The van der Waals surface area contributed by atoms with Gasteiger partial charge in [0.15, 0.2) is 0 Å². The summed E-state index contributed by atoms with van der Waals surface area (Å²) >= 11 is 0. The molecule has 2 aromatic rings. The molecule has 0 amide bonds.